The first-order valence-corrected chi connectivity index (χ1v) is 8.61. The molecule has 0 saturated carbocycles. The molecule has 2 N–H and O–H groups in total. The summed E-state index contributed by atoms with van der Waals surface area (Å²) >= 11 is 0. The van der Waals surface area contributed by atoms with Crippen LogP contribution in [0.5, 0.6) is 5.75 Å². The maximum absolute atomic E-state index is 12.2. The summed E-state index contributed by atoms with van der Waals surface area (Å²) in [5.74, 6) is 0.213. The van der Waals surface area contributed by atoms with Gasteiger partial charge in [0, 0.05) is 11.1 Å². The predicted molar refractivity (Wildman–Crippen MR) is 103 cm³/mol. The van der Waals surface area contributed by atoms with Gasteiger partial charge in [0.1, 0.15) is 5.75 Å². The molecular weight excluding hydrogens is 328 g/mol. The van der Waals surface area contributed by atoms with E-state index < -0.39 is 0 Å². The monoisotopic (exact) mass is 354 g/mol. The molecule has 0 aliphatic rings. The molecule has 26 heavy (non-hydrogen) atoms. The van der Waals surface area contributed by atoms with Crippen molar-refractivity contribution in [1.82, 2.24) is 10.6 Å². The van der Waals surface area contributed by atoms with Crippen LogP contribution in [0.15, 0.2) is 36.4 Å². The van der Waals surface area contributed by atoms with Crippen LogP contribution in [0.2, 0.25) is 0 Å². The lowest BCUT2D eigenvalue weighted by atomic mass is 10.0. The molecule has 0 radical (unpaired) electrons. The zero-order chi connectivity index (χ0) is 19.3. The Balaban J connectivity index is 1.95. The summed E-state index contributed by atoms with van der Waals surface area (Å²) in [4.78, 5) is 24.4. The number of aryl methyl sites for hydroxylation is 3. The van der Waals surface area contributed by atoms with Gasteiger partial charge in [-0.15, -0.1) is 0 Å². The number of nitrogens with one attached hydrogen (secondary N) is 2. The van der Waals surface area contributed by atoms with Gasteiger partial charge >= 0.3 is 0 Å². The lowest BCUT2D eigenvalue weighted by molar-refractivity contribution is -0.120. The summed E-state index contributed by atoms with van der Waals surface area (Å²) in [6.45, 7) is 7.74. The van der Waals surface area contributed by atoms with E-state index in [0.29, 0.717) is 5.56 Å². The molecule has 0 spiro atoms. The smallest absolute Gasteiger partial charge is 0.251 e. The third-order valence-electron chi connectivity index (χ3n) is 4.41. The molecule has 0 fully saturated rings. The van der Waals surface area contributed by atoms with E-state index in [1.807, 2.05) is 58.0 Å². The highest BCUT2D eigenvalue weighted by molar-refractivity contribution is 5.96. The minimum Gasteiger partial charge on any atom is -0.496 e. The van der Waals surface area contributed by atoms with Gasteiger partial charge in [-0.1, -0.05) is 23.8 Å². The SMILES string of the molecule is COc1ccc(C)cc1[C@@H](C)NC(=O)CNC(=O)c1ccc(C)c(C)c1. The van der Waals surface area contributed by atoms with Gasteiger partial charge < -0.3 is 15.4 Å². The fourth-order valence-corrected chi connectivity index (χ4v) is 2.71. The molecule has 1 atom stereocenters. The number of rotatable bonds is 6. The number of amides is 2. The highest BCUT2D eigenvalue weighted by Gasteiger charge is 2.15. The zero-order valence-corrected chi connectivity index (χ0v) is 16.0. The Labute approximate surface area is 154 Å². The minimum absolute atomic E-state index is 0.0791. The van der Waals surface area contributed by atoms with Crippen LogP contribution in [0.1, 0.15) is 45.6 Å². The number of ether oxygens (including phenoxy) is 1. The summed E-state index contributed by atoms with van der Waals surface area (Å²) in [5.41, 5.74) is 4.71. The largest absolute Gasteiger partial charge is 0.496 e. The Morgan fingerprint density at radius 2 is 1.77 bits per heavy atom. The van der Waals surface area contributed by atoms with Gasteiger partial charge in [-0.2, -0.15) is 0 Å². The fourth-order valence-electron chi connectivity index (χ4n) is 2.71. The molecule has 5 heteroatoms. The number of hydrogen-bond acceptors (Lipinski definition) is 3. The first-order valence-electron chi connectivity index (χ1n) is 8.61. The van der Waals surface area contributed by atoms with Gasteiger partial charge in [0.15, 0.2) is 0 Å². The van der Waals surface area contributed by atoms with E-state index in [1.54, 1.807) is 13.2 Å². The van der Waals surface area contributed by atoms with Crippen molar-refractivity contribution >= 4 is 11.8 Å². The Kier molecular flexibility index (Phi) is 6.39. The third-order valence-corrected chi connectivity index (χ3v) is 4.41. The molecule has 2 aromatic carbocycles. The average molecular weight is 354 g/mol. The van der Waals surface area contributed by atoms with Crippen LogP contribution in [0.4, 0.5) is 0 Å². The van der Waals surface area contributed by atoms with Crippen molar-refractivity contribution in [3.63, 3.8) is 0 Å². The van der Waals surface area contributed by atoms with E-state index >= 15 is 0 Å². The van der Waals surface area contributed by atoms with Crippen molar-refractivity contribution in [2.45, 2.75) is 33.7 Å². The third kappa shape index (κ3) is 4.85. The predicted octanol–water partition coefficient (Wildman–Crippen LogP) is 3.23. The molecule has 2 aromatic rings. The number of methoxy groups -OCH3 is 1. The highest BCUT2D eigenvalue weighted by Crippen LogP contribution is 2.25. The number of carbonyl (C=O) groups is 2. The van der Waals surface area contributed by atoms with Crippen molar-refractivity contribution < 1.29 is 14.3 Å². The molecule has 0 saturated heterocycles. The van der Waals surface area contributed by atoms with Crippen LogP contribution in [-0.4, -0.2) is 25.5 Å². The molecule has 138 valence electrons. The summed E-state index contributed by atoms with van der Waals surface area (Å²) in [7, 11) is 1.60. The number of carbonyl (C=O) groups excluding carboxylic acids is 2. The Morgan fingerprint density at radius 3 is 2.42 bits per heavy atom. The van der Waals surface area contributed by atoms with Crippen LogP contribution < -0.4 is 15.4 Å². The number of benzene rings is 2. The highest BCUT2D eigenvalue weighted by atomic mass is 16.5. The molecule has 0 bridgehead atoms. The normalized spacial score (nSPS) is 11.6. The van der Waals surface area contributed by atoms with Gasteiger partial charge in [-0.3, -0.25) is 9.59 Å². The van der Waals surface area contributed by atoms with Gasteiger partial charge in [0.2, 0.25) is 5.91 Å². The van der Waals surface area contributed by atoms with Crippen molar-refractivity contribution in [3.8, 4) is 5.75 Å². The van der Waals surface area contributed by atoms with Crippen LogP contribution in [0.25, 0.3) is 0 Å². The molecule has 0 aromatic heterocycles. The second kappa shape index (κ2) is 8.52. The Hall–Kier alpha value is -2.82. The van der Waals surface area contributed by atoms with Gasteiger partial charge in [0.05, 0.1) is 19.7 Å². The van der Waals surface area contributed by atoms with Gasteiger partial charge in [-0.05, 0) is 57.0 Å². The first-order chi connectivity index (χ1) is 12.3. The molecule has 0 heterocycles. The summed E-state index contributed by atoms with van der Waals surface area (Å²) in [5, 5.41) is 5.55. The lowest BCUT2D eigenvalue weighted by Crippen LogP contribution is -2.38. The zero-order valence-electron chi connectivity index (χ0n) is 16.0. The Morgan fingerprint density at radius 1 is 1.04 bits per heavy atom. The molecule has 5 nitrogen and oxygen atoms in total. The van der Waals surface area contributed by atoms with Crippen LogP contribution >= 0.6 is 0 Å². The summed E-state index contributed by atoms with van der Waals surface area (Å²) < 4.78 is 5.36. The second-order valence-electron chi connectivity index (χ2n) is 6.52. The molecule has 2 amide bonds. The fraction of sp³-hybridized carbons (Fsp3) is 0.333. The maximum atomic E-state index is 12.2. The van der Waals surface area contributed by atoms with Crippen molar-refractivity contribution in [3.05, 3.63) is 64.2 Å². The lowest BCUT2D eigenvalue weighted by Gasteiger charge is -2.18. The summed E-state index contributed by atoms with van der Waals surface area (Å²) in [6, 6.07) is 11.1. The van der Waals surface area contributed by atoms with E-state index in [9.17, 15) is 9.59 Å². The van der Waals surface area contributed by atoms with Crippen LogP contribution in [0.3, 0.4) is 0 Å². The second-order valence-corrected chi connectivity index (χ2v) is 6.52. The molecule has 0 aliphatic carbocycles. The van der Waals surface area contributed by atoms with E-state index in [4.69, 9.17) is 4.74 Å². The topological polar surface area (TPSA) is 67.4 Å². The van der Waals surface area contributed by atoms with Crippen LogP contribution in [0, 0.1) is 20.8 Å². The van der Waals surface area contributed by atoms with Gasteiger partial charge in [-0.25, -0.2) is 0 Å². The number of hydrogen-bond donors (Lipinski definition) is 2. The van der Waals surface area contributed by atoms with E-state index in [2.05, 4.69) is 10.6 Å². The maximum Gasteiger partial charge on any atom is 0.251 e. The standard InChI is InChI=1S/C21H26N2O3/c1-13-6-9-19(26-5)18(10-13)16(4)23-20(24)12-22-21(25)17-8-7-14(2)15(3)11-17/h6-11,16H,12H2,1-5H3,(H,22,25)(H,23,24)/t16-/m1/s1. The molecule has 2 rings (SSSR count). The molecule has 0 unspecified atom stereocenters. The van der Waals surface area contributed by atoms with E-state index in [-0.39, 0.29) is 24.4 Å². The molecule has 0 aliphatic heterocycles. The van der Waals surface area contributed by atoms with E-state index in [0.717, 1.165) is 28.0 Å². The minimum atomic E-state index is -0.260. The first kappa shape index (κ1) is 19.5. The van der Waals surface area contributed by atoms with Crippen LogP contribution in [-0.2, 0) is 4.79 Å². The van der Waals surface area contributed by atoms with Gasteiger partial charge in [0.25, 0.3) is 5.91 Å². The summed E-state index contributed by atoms with van der Waals surface area (Å²) in [6.07, 6.45) is 0. The quantitative estimate of drug-likeness (QED) is 0.837. The van der Waals surface area contributed by atoms with Crippen molar-refractivity contribution in [2.75, 3.05) is 13.7 Å². The average Bonchev–Trinajstić information content (AvgIpc) is 2.61. The van der Waals surface area contributed by atoms with Crippen molar-refractivity contribution in [2.24, 2.45) is 0 Å². The van der Waals surface area contributed by atoms with Crippen molar-refractivity contribution in [1.29, 1.82) is 0 Å². The molecular formula is C21H26N2O3. The Bertz CT molecular complexity index is 815. The van der Waals surface area contributed by atoms with E-state index in [1.165, 1.54) is 0 Å².